The highest BCUT2D eigenvalue weighted by Crippen LogP contribution is 2.26. The van der Waals surface area contributed by atoms with E-state index in [9.17, 15) is 18.5 Å². The van der Waals surface area contributed by atoms with Gasteiger partial charge < -0.3 is 5.73 Å². The molecule has 0 aliphatic heterocycles. The zero-order valence-corrected chi connectivity index (χ0v) is 12.4. The third-order valence-corrected chi connectivity index (χ3v) is 5.18. The molecule has 2 rings (SSSR count). The highest BCUT2D eigenvalue weighted by atomic mass is 32.2. The summed E-state index contributed by atoms with van der Waals surface area (Å²) in [5.41, 5.74) is 5.65. The molecule has 0 heterocycles. The van der Waals surface area contributed by atoms with Crippen molar-refractivity contribution in [2.24, 2.45) is 11.7 Å². The molecular formula is C13H19N3O4S. The molecule has 2 unspecified atom stereocenters. The first-order chi connectivity index (χ1) is 9.93. The summed E-state index contributed by atoms with van der Waals surface area (Å²) in [6.45, 7) is 0.443. The van der Waals surface area contributed by atoms with E-state index in [0.717, 1.165) is 19.3 Å². The molecule has 7 nitrogen and oxygen atoms in total. The Morgan fingerprint density at radius 2 is 2.05 bits per heavy atom. The average molecular weight is 313 g/mol. The monoisotopic (exact) mass is 313 g/mol. The third-order valence-electron chi connectivity index (χ3n) is 3.83. The second-order valence-corrected chi connectivity index (χ2v) is 7.05. The van der Waals surface area contributed by atoms with E-state index >= 15 is 0 Å². The first kappa shape index (κ1) is 15.9. The van der Waals surface area contributed by atoms with Crippen molar-refractivity contribution in [2.45, 2.75) is 31.1 Å². The molecule has 0 spiro atoms. The second kappa shape index (κ2) is 6.50. The first-order valence-corrected chi connectivity index (χ1v) is 8.50. The molecule has 1 aliphatic rings. The standard InChI is InChI=1S/C13H19N3O4S/c14-8-10-5-3-6-12(10)15-21(19,20)9-11-4-1-2-7-13(11)16(17)18/h1-2,4,7,10,12,15H,3,5-6,8-9,14H2. The van der Waals surface area contributed by atoms with Crippen LogP contribution in [0.1, 0.15) is 24.8 Å². The molecule has 1 aliphatic carbocycles. The Labute approximate surface area is 123 Å². The first-order valence-electron chi connectivity index (χ1n) is 6.85. The van der Waals surface area contributed by atoms with Gasteiger partial charge in [0.15, 0.2) is 0 Å². The molecule has 1 aromatic carbocycles. The second-order valence-electron chi connectivity index (χ2n) is 5.30. The number of para-hydroxylation sites is 1. The molecule has 116 valence electrons. The van der Waals surface area contributed by atoms with Crippen LogP contribution in [0.5, 0.6) is 0 Å². The van der Waals surface area contributed by atoms with Gasteiger partial charge in [-0.05, 0) is 25.3 Å². The lowest BCUT2D eigenvalue weighted by molar-refractivity contribution is -0.385. The van der Waals surface area contributed by atoms with Gasteiger partial charge in [-0.3, -0.25) is 10.1 Å². The van der Waals surface area contributed by atoms with Gasteiger partial charge in [-0.1, -0.05) is 24.6 Å². The van der Waals surface area contributed by atoms with Gasteiger partial charge >= 0.3 is 0 Å². The van der Waals surface area contributed by atoms with Crippen molar-refractivity contribution in [3.05, 3.63) is 39.9 Å². The van der Waals surface area contributed by atoms with E-state index in [-0.39, 0.29) is 23.2 Å². The molecule has 1 saturated carbocycles. The van der Waals surface area contributed by atoms with E-state index in [1.54, 1.807) is 6.07 Å². The fourth-order valence-corrected chi connectivity index (χ4v) is 4.27. The van der Waals surface area contributed by atoms with Gasteiger partial charge in [0.1, 0.15) is 0 Å². The van der Waals surface area contributed by atoms with Gasteiger partial charge in [0, 0.05) is 17.7 Å². The quantitative estimate of drug-likeness (QED) is 0.603. The van der Waals surface area contributed by atoms with Crippen LogP contribution in [0.15, 0.2) is 24.3 Å². The molecule has 2 atom stereocenters. The minimum absolute atomic E-state index is 0.144. The summed E-state index contributed by atoms with van der Waals surface area (Å²) in [5.74, 6) is -0.247. The number of nitro groups is 1. The van der Waals surface area contributed by atoms with Crippen molar-refractivity contribution < 1.29 is 13.3 Å². The maximum Gasteiger partial charge on any atom is 0.273 e. The lowest BCUT2D eigenvalue weighted by Crippen LogP contribution is -2.40. The van der Waals surface area contributed by atoms with Crippen LogP contribution < -0.4 is 10.5 Å². The van der Waals surface area contributed by atoms with Crippen molar-refractivity contribution in [3.8, 4) is 0 Å². The molecule has 21 heavy (non-hydrogen) atoms. The Kier molecular flexibility index (Phi) is 4.92. The summed E-state index contributed by atoms with van der Waals surface area (Å²) in [6.07, 6.45) is 2.62. The summed E-state index contributed by atoms with van der Waals surface area (Å²) < 4.78 is 27.1. The molecule has 0 bridgehead atoms. The topological polar surface area (TPSA) is 115 Å². The fourth-order valence-electron chi connectivity index (χ4n) is 2.76. The summed E-state index contributed by atoms with van der Waals surface area (Å²) in [5, 5.41) is 10.9. The molecule has 1 aromatic rings. The van der Waals surface area contributed by atoms with Gasteiger partial charge in [0.05, 0.1) is 10.7 Å². The normalized spacial score (nSPS) is 22.3. The van der Waals surface area contributed by atoms with Gasteiger partial charge in [0.2, 0.25) is 10.0 Å². The SMILES string of the molecule is NCC1CCCC1NS(=O)(=O)Cc1ccccc1[N+](=O)[O-]. The molecule has 0 amide bonds. The zero-order valence-electron chi connectivity index (χ0n) is 11.6. The van der Waals surface area contributed by atoms with Gasteiger partial charge in [-0.2, -0.15) is 0 Å². The number of sulfonamides is 1. The summed E-state index contributed by atoms with van der Waals surface area (Å²) in [6, 6.07) is 5.72. The van der Waals surface area contributed by atoms with Crippen LogP contribution in [0.4, 0.5) is 5.69 Å². The number of nitrogens with one attached hydrogen (secondary N) is 1. The molecule has 3 N–H and O–H groups in total. The summed E-state index contributed by atoms with van der Waals surface area (Å²) in [4.78, 5) is 10.4. The van der Waals surface area contributed by atoms with Crippen LogP contribution in [-0.4, -0.2) is 25.9 Å². The van der Waals surface area contributed by atoms with E-state index in [1.165, 1.54) is 18.2 Å². The molecule has 0 radical (unpaired) electrons. The van der Waals surface area contributed by atoms with Crippen LogP contribution in [0.25, 0.3) is 0 Å². The van der Waals surface area contributed by atoms with Crippen LogP contribution in [0.3, 0.4) is 0 Å². The lowest BCUT2D eigenvalue weighted by Gasteiger charge is -2.19. The van der Waals surface area contributed by atoms with Crippen LogP contribution in [0.2, 0.25) is 0 Å². The number of nitrogens with two attached hydrogens (primary N) is 1. The van der Waals surface area contributed by atoms with Crippen LogP contribution in [0, 0.1) is 16.0 Å². The highest BCUT2D eigenvalue weighted by molar-refractivity contribution is 7.88. The number of hydrogen-bond acceptors (Lipinski definition) is 5. The van der Waals surface area contributed by atoms with Crippen LogP contribution in [-0.2, 0) is 15.8 Å². The minimum atomic E-state index is -3.63. The summed E-state index contributed by atoms with van der Waals surface area (Å²) >= 11 is 0. The maximum absolute atomic E-state index is 12.2. The van der Waals surface area contributed by atoms with Crippen molar-refractivity contribution >= 4 is 15.7 Å². The smallest absolute Gasteiger partial charge is 0.273 e. The number of hydrogen-bond donors (Lipinski definition) is 2. The Hall–Kier alpha value is -1.51. The van der Waals surface area contributed by atoms with E-state index in [1.807, 2.05) is 0 Å². The lowest BCUT2D eigenvalue weighted by atomic mass is 10.1. The van der Waals surface area contributed by atoms with Crippen molar-refractivity contribution in [3.63, 3.8) is 0 Å². The van der Waals surface area contributed by atoms with Gasteiger partial charge in [-0.15, -0.1) is 0 Å². The number of nitro benzene ring substituents is 1. The molecule has 8 heteroatoms. The molecule has 1 fully saturated rings. The Balaban J connectivity index is 2.13. The van der Waals surface area contributed by atoms with E-state index < -0.39 is 20.7 Å². The zero-order chi connectivity index (χ0) is 15.5. The molecular weight excluding hydrogens is 294 g/mol. The minimum Gasteiger partial charge on any atom is -0.330 e. The largest absolute Gasteiger partial charge is 0.330 e. The van der Waals surface area contributed by atoms with Crippen molar-refractivity contribution in [1.82, 2.24) is 4.72 Å². The maximum atomic E-state index is 12.2. The average Bonchev–Trinajstić information content (AvgIpc) is 2.84. The Morgan fingerprint density at radius 3 is 2.71 bits per heavy atom. The fraction of sp³-hybridized carbons (Fsp3) is 0.538. The number of benzene rings is 1. The Morgan fingerprint density at radius 1 is 1.33 bits per heavy atom. The van der Waals surface area contributed by atoms with E-state index in [4.69, 9.17) is 5.73 Å². The predicted molar refractivity (Wildman–Crippen MR) is 79.0 cm³/mol. The summed E-state index contributed by atoms with van der Waals surface area (Å²) in [7, 11) is -3.63. The number of nitrogens with zero attached hydrogens (tertiary/aromatic N) is 1. The molecule has 0 saturated heterocycles. The third kappa shape index (κ3) is 3.99. The predicted octanol–water partition coefficient (Wildman–Crippen LogP) is 1.14. The van der Waals surface area contributed by atoms with Crippen molar-refractivity contribution in [2.75, 3.05) is 6.54 Å². The van der Waals surface area contributed by atoms with Crippen molar-refractivity contribution in [1.29, 1.82) is 0 Å². The van der Waals surface area contributed by atoms with E-state index in [2.05, 4.69) is 4.72 Å². The van der Waals surface area contributed by atoms with E-state index in [0.29, 0.717) is 6.54 Å². The molecule has 0 aromatic heterocycles. The highest BCUT2D eigenvalue weighted by Gasteiger charge is 2.30. The van der Waals surface area contributed by atoms with Gasteiger partial charge in [0.25, 0.3) is 5.69 Å². The number of rotatable bonds is 6. The van der Waals surface area contributed by atoms with Crippen LogP contribution >= 0.6 is 0 Å². The van der Waals surface area contributed by atoms with Gasteiger partial charge in [-0.25, -0.2) is 13.1 Å². The Bertz CT molecular complexity index is 618.